The first-order valence-electron chi connectivity index (χ1n) is 5.86. The first kappa shape index (κ1) is 13.5. The average molecular weight is 236 g/mol. The molecule has 0 aliphatic rings. The molecule has 0 unspecified atom stereocenters. The Hall–Kier alpha value is -1.55. The van der Waals surface area contributed by atoms with Crippen LogP contribution in [0.2, 0.25) is 0 Å². The van der Waals surface area contributed by atoms with Gasteiger partial charge < -0.3 is 15.8 Å². The summed E-state index contributed by atoms with van der Waals surface area (Å²) < 4.78 is 5.04. The number of rotatable bonds is 7. The first-order chi connectivity index (χ1) is 8.19. The molecule has 0 radical (unpaired) electrons. The maximum absolute atomic E-state index is 11.8. The van der Waals surface area contributed by atoms with Gasteiger partial charge >= 0.3 is 0 Å². The van der Waals surface area contributed by atoms with Gasteiger partial charge in [-0.05, 0) is 31.2 Å². The molecule has 0 saturated heterocycles. The summed E-state index contributed by atoms with van der Waals surface area (Å²) in [5, 5.41) is 3.11. The van der Waals surface area contributed by atoms with Crippen molar-refractivity contribution in [1.82, 2.24) is 5.32 Å². The Morgan fingerprint density at radius 1 is 1.47 bits per heavy atom. The molecule has 0 spiro atoms. The second-order valence-electron chi connectivity index (χ2n) is 3.91. The van der Waals surface area contributed by atoms with Crippen LogP contribution < -0.4 is 15.8 Å². The third-order valence-corrected chi connectivity index (χ3v) is 2.54. The number of methoxy groups -OCH3 is 1. The molecule has 0 amide bonds. The number of nitrogen functional groups attached to an aromatic ring is 1. The lowest BCUT2D eigenvalue weighted by Gasteiger charge is -2.07. The van der Waals surface area contributed by atoms with E-state index in [0.29, 0.717) is 23.5 Å². The van der Waals surface area contributed by atoms with Gasteiger partial charge in [-0.3, -0.25) is 4.79 Å². The second-order valence-corrected chi connectivity index (χ2v) is 3.91. The van der Waals surface area contributed by atoms with Gasteiger partial charge in [-0.1, -0.05) is 13.3 Å². The van der Waals surface area contributed by atoms with Gasteiger partial charge in [-0.25, -0.2) is 0 Å². The van der Waals surface area contributed by atoms with Crippen molar-refractivity contribution in [2.24, 2.45) is 0 Å². The summed E-state index contributed by atoms with van der Waals surface area (Å²) in [4.78, 5) is 11.8. The van der Waals surface area contributed by atoms with Crippen molar-refractivity contribution in [3.63, 3.8) is 0 Å². The number of benzene rings is 1. The van der Waals surface area contributed by atoms with Crippen LogP contribution in [0.15, 0.2) is 18.2 Å². The Morgan fingerprint density at radius 2 is 2.24 bits per heavy atom. The zero-order chi connectivity index (χ0) is 12.7. The lowest BCUT2D eigenvalue weighted by atomic mass is 10.1. The summed E-state index contributed by atoms with van der Waals surface area (Å²) in [6.45, 7) is 3.34. The van der Waals surface area contributed by atoms with Crippen molar-refractivity contribution < 1.29 is 9.53 Å². The molecule has 94 valence electrons. The molecule has 1 aromatic carbocycles. The van der Waals surface area contributed by atoms with Gasteiger partial charge in [0, 0.05) is 5.56 Å². The van der Waals surface area contributed by atoms with Crippen LogP contribution in [0.4, 0.5) is 5.69 Å². The van der Waals surface area contributed by atoms with Crippen molar-refractivity contribution >= 4 is 11.5 Å². The summed E-state index contributed by atoms with van der Waals surface area (Å²) in [7, 11) is 1.56. The Kier molecular flexibility index (Phi) is 5.49. The highest BCUT2D eigenvalue weighted by Gasteiger charge is 2.07. The van der Waals surface area contributed by atoms with Gasteiger partial charge in [0.15, 0.2) is 5.78 Å². The summed E-state index contributed by atoms with van der Waals surface area (Å²) in [6, 6.07) is 5.11. The normalized spacial score (nSPS) is 10.2. The molecule has 0 aliphatic heterocycles. The van der Waals surface area contributed by atoms with Crippen LogP contribution in [0.1, 0.15) is 30.1 Å². The van der Waals surface area contributed by atoms with Crippen LogP contribution >= 0.6 is 0 Å². The number of unbranched alkanes of at least 4 members (excludes halogenated alkanes) is 1. The van der Waals surface area contributed by atoms with Gasteiger partial charge in [0.25, 0.3) is 0 Å². The summed E-state index contributed by atoms with van der Waals surface area (Å²) in [5.41, 5.74) is 6.86. The fourth-order valence-corrected chi connectivity index (χ4v) is 1.51. The van der Waals surface area contributed by atoms with Crippen LogP contribution in [0.25, 0.3) is 0 Å². The number of hydrogen-bond acceptors (Lipinski definition) is 4. The summed E-state index contributed by atoms with van der Waals surface area (Å²) in [6.07, 6.45) is 2.20. The van der Waals surface area contributed by atoms with E-state index >= 15 is 0 Å². The fraction of sp³-hybridized carbons (Fsp3) is 0.462. The van der Waals surface area contributed by atoms with Crippen molar-refractivity contribution in [3.05, 3.63) is 23.8 Å². The maximum atomic E-state index is 11.8. The van der Waals surface area contributed by atoms with E-state index in [9.17, 15) is 4.79 Å². The third-order valence-electron chi connectivity index (χ3n) is 2.54. The van der Waals surface area contributed by atoms with E-state index in [1.165, 1.54) is 0 Å². The van der Waals surface area contributed by atoms with E-state index < -0.39 is 0 Å². The summed E-state index contributed by atoms with van der Waals surface area (Å²) >= 11 is 0. The molecular formula is C13H20N2O2. The number of hydrogen-bond donors (Lipinski definition) is 2. The molecule has 0 fully saturated rings. The van der Waals surface area contributed by atoms with Gasteiger partial charge in [-0.15, -0.1) is 0 Å². The van der Waals surface area contributed by atoms with Crippen LogP contribution in [-0.2, 0) is 0 Å². The van der Waals surface area contributed by atoms with E-state index in [2.05, 4.69) is 12.2 Å². The minimum atomic E-state index is 0.0513. The Balaban J connectivity index is 2.54. The van der Waals surface area contributed by atoms with Crippen molar-refractivity contribution in [3.8, 4) is 5.75 Å². The van der Waals surface area contributed by atoms with Crippen LogP contribution in [-0.4, -0.2) is 26.0 Å². The summed E-state index contributed by atoms with van der Waals surface area (Å²) in [5.74, 6) is 0.649. The van der Waals surface area contributed by atoms with Crippen LogP contribution in [0.5, 0.6) is 5.75 Å². The average Bonchev–Trinajstić information content (AvgIpc) is 2.34. The number of ether oxygens (including phenoxy) is 1. The van der Waals surface area contributed by atoms with Crippen LogP contribution in [0, 0.1) is 0 Å². The van der Waals surface area contributed by atoms with E-state index in [-0.39, 0.29) is 5.78 Å². The van der Waals surface area contributed by atoms with E-state index in [0.717, 1.165) is 19.4 Å². The van der Waals surface area contributed by atoms with Gasteiger partial charge in [-0.2, -0.15) is 0 Å². The quantitative estimate of drug-likeness (QED) is 0.431. The molecule has 4 heteroatoms. The third kappa shape index (κ3) is 4.07. The topological polar surface area (TPSA) is 64.3 Å². The molecule has 0 saturated carbocycles. The van der Waals surface area contributed by atoms with E-state index in [1.54, 1.807) is 25.3 Å². The predicted octanol–water partition coefficient (Wildman–Crippen LogP) is 1.85. The lowest BCUT2D eigenvalue weighted by Crippen LogP contribution is -2.24. The Labute approximate surface area is 102 Å². The van der Waals surface area contributed by atoms with Gasteiger partial charge in [0.1, 0.15) is 5.75 Å². The lowest BCUT2D eigenvalue weighted by molar-refractivity contribution is 0.0991. The van der Waals surface area contributed by atoms with Crippen molar-refractivity contribution in [1.29, 1.82) is 0 Å². The van der Waals surface area contributed by atoms with E-state index in [4.69, 9.17) is 10.5 Å². The number of carbonyl (C=O) groups excluding carboxylic acids is 1. The number of Topliss-reactive ketones (excluding diaryl/α,β-unsaturated/α-hetero) is 1. The number of nitrogens with one attached hydrogen (secondary N) is 1. The monoisotopic (exact) mass is 236 g/mol. The maximum Gasteiger partial charge on any atom is 0.176 e. The molecule has 0 atom stereocenters. The first-order valence-corrected chi connectivity index (χ1v) is 5.86. The molecule has 17 heavy (non-hydrogen) atoms. The number of nitrogens with two attached hydrogens (primary N) is 1. The minimum Gasteiger partial charge on any atom is -0.495 e. The number of anilines is 1. The highest BCUT2D eigenvalue weighted by Crippen LogP contribution is 2.21. The predicted molar refractivity (Wildman–Crippen MR) is 69.5 cm³/mol. The van der Waals surface area contributed by atoms with Gasteiger partial charge in [0.2, 0.25) is 0 Å². The second kappa shape index (κ2) is 6.91. The molecule has 0 aliphatic carbocycles. The Bertz CT molecular complexity index is 378. The standard InChI is InChI=1S/C13H20N2O2/c1-3-4-7-15-9-12(16)10-5-6-13(17-2)11(14)8-10/h5-6,8,15H,3-4,7,9,14H2,1-2H3. The minimum absolute atomic E-state index is 0.0513. The zero-order valence-electron chi connectivity index (χ0n) is 10.5. The number of ketones is 1. The van der Waals surface area contributed by atoms with Crippen molar-refractivity contribution in [2.45, 2.75) is 19.8 Å². The van der Waals surface area contributed by atoms with Crippen molar-refractivity contribution in [2.75, 3.05) is 25.9 Å². The molecule has 3 N–H and O–H groups in total. The number of carbonyl (C=O) groups is 1. The molecule has 1 rings (SSSR count). The zero-order valence-corrected chi connectivity index (χ0v) is 10.5. The molecule has 4 nitrogen and oxygen atoms in total. The highest BCUT2D eigenvalue weighted by molar-refractivity contribution is 5.98. The molecular weight excluding hydrogens is 216 g/mol. The van der Waals surface area contributed by atoms with Gasteiger partial charge in [0.05, 0.1) is 19.3 Å². The molecule has 0 heterocycles. The SMILES string of the molecule is CCCCNCC(=O)c1ccc(OC)c(N)c1. The van der Waals surface area contributed by atoms with Crippen LogP contribution in [0.3, 0.4) is 0 Å². The smallest absolute Gasteiger partial charge is 0.176 e. The largest absolute Gasteiger partial charge is 0.495 e. The van der Waals surface area contributed by atoms with E-state index in [1.807, 2.05) is 0 Å². The fourth-order valence-electron chi connectivity index (χ4n) is 1.51. The molecule has 0 aromatic heterocycles. The molecule has 0 bridgehead atoms. The Morgan fingerprint density at radius 3 is 2.82 bits per heavy atom. The highest BCUT2D eigenvalue weighted by atomic mass is 16.5. The molecule has 1 aromatic rings.